The summed E-state index contributed by atoms with van der Waals surface area (Å²) in [6.45, 7) is 3.77. The van der Waals surface area contributed by atoms with E-state index in [4.69, 9.17) is 0 Å². The topological polar surface area (TPSA) is 78.4 Å². The highest BCUT2D eigenvalue weighted by Crippen LogP contribution is 2.62. The number of hydrogen-bond donors (Lipinski definition) is 3. The van der Waals surface area contributed by atoms with Crippen LogP contribution in [0.5, 0.6) is 5.75 Å². The maximum atomic E-state index is 13.2. The largest absolute Gasteiger partial charge is 0.508 e. The summed E-state index contributed by atoms with van der Waals surface area (Å²) in [7, 11) is 0. The zero-order valence-electron chi connectivity index (χ0n) is 21.5. The lowest BCUT2D eigenvalue weighted by atomic mass is 9.54. The number of benzene rings is 1. The van der Waals surface area contributed by atoms with Crippen molar-refractivity contribution in [2.75, 3.05) is 13.1 Å². The Hall–Kier alpha value is -2.04. The van der Waals surface area contributed by atoms with Crippen molar-refractivity contribution >= 4 is 11.8 Å². The molecule has 5 rings (SSSR count). The van der Waals surface area contributed by atoms with Gasteiger partial charge in [-0.05, 0) is 104 Å². The van der Waals surface area contributed by atoms with Gasteiger partial charge in [-0.1, -0.05) is 38.7 Å². The molecule has 0 aromatic heterocycles. The molecule has 5 atom stereocenters. The van der Waals surface area contributed by atoms with Crippen molar-refractivity contribution in [1.82, 2.24) is 10.6 Å². The van der Waals surface area contributed by atoms with E-state index in [2.05, 4.69) is 23.6 Å². The van der Waals surface area contributed by atoms with Gasteiger partial charge in [0.1, 0.15) is 11.5 Å². The number of urea groups is 1. The van der Waals surface area contributed by atoms with Crippen LogP contribution in [0.25, 0.3) is 0 Å². The van der Waals surface area contributed by atoms with Crippen LogP contribution in [0.4, 0.5) is 4.79 Å². The molecule has 35 heavy (non-hydrogen) atoms. The summed E-state index contributed by atoms with van der Waals surface area (Å²) in [4.78, 5) is 25.4. The number of carbonyl (C=O) groups is 2. The summed E-state index contributed by atoms with van der Waals surface area (Å²) in [6.07, 6.45) is 14.5. The third-order valence-corrected chi connectivity index (χ3v) is 10.1. The Morgan fingerprint density at radius 2 is 1.91 bits per heavy atom. The van der Waals surface area contributed by atoms with E-state index in [1.54, 1.807) is 0 Å². The van der Waals surface area contributed by atoms with Crippen LogP contribution >= 0.6 is 0 Å². The third kappa shape index (κ3) is 5.11. The Balaban J connectivity index is 1.12. The van der Waals surface area contributed by atoms with Crippen molar-refractivity contribution in [2.45, 2.75) is 96.3 Å². The van der Waals surface area contributed by atoms with Gasteiger partial charge in [-0.2, -0.15) is 0 Å². The molecule has 192 valence electrons. The minimum atomic E-state index is -0.155. The second kappa shape index (κ2) is 10.5. The lowest BCUT2D eigenvalue weighted by Gasteiger charge is -2.50. The van der Waals surface area contributed by atoms with E-state index in [1.165, 1.54) is 43.2 Å². The molecule has 3 unspecified atom stereocenters. The molecule has 0 saturated heterocycles. The van der Waals surface area contributed by atoms with Gasteiger partial charge in [-0.15, -0.1) is 0 Å². The lowest BCUT2D eigenvalue weighted by Crippen LogP contribution is -2.44. The highest BCUT2D eigenvalue weighted by molar-refractivity contribution is 5.87. The Bertz CT molecular complexity index is 924. The van der Waals surface area contributed by atoms with Gasteiger partial charge in [0.15, 0.2) is 0 Å². The van der Waals surface area contributed by atoms with Crippen molar-refractivity contribution < 1.29 is 14.7 Å². The SMILES string of the molecule is C[C@]12CCC3c4ccc(O)cc4CCC3C1[C@@H](CCCCNC(=O)NCC1CCCCC1)CC2=O. The number of unbranched alkanes of at least 4 members (excludes halogenated alkanes) is 1. The average Bonchev–Trinajstić information content (AvgIpc) is 3.12. The van der Waals surface area contributed by atoms with Crippen LogP contribution in [-0.4, -0.2) is 30.0 Å². The number of aryl methyl sites for hydroxylation is 1. The Morgan fingerprint density at radius 3 is 2.74 bits per heavy atom. The van der Waals surface area contributed by atoms with Gasteiger partial charge in [0.25, 0.3) is 0 Å². The zero-order chi connectivity index (χ0) is 24.4. The predicted molar refractivity (Wildman–Crippen MR) is 138 cm³/mol. The molecule has 0 radical (unpaired) electrons. The molecule has 3 N–H and O–H groups in total. The van der Waals surface area contributed by atoms with E-state index in [0.29, 0.717) is 47.7 Å². The Kier molecular flexibility index (Phi) is 7.41. The zero-order valence-corrected chi connectivity index (χ0v) is 21.5. The predicted octanol–water partition coefficient (Wildman–Crippen LogP) is 6.09. The molecular weight excluding hydrogens is 436 g/mol. The molecule has 1 aromatic rings. The number of amides is 2. The minimum Gasteiger partial charge on any atom is -0.508 e. The van der Waals surface area contributed by atoms with Crippen LogP contribution in [-0.2, 0) is 11.2 Å². The number of aromatic hydroxyl groups is 1. The normalized spacial score (nSPS) is 32.4. The van der Waals surface area contributed by atoms with Gasteiger partial charge in [-0.25, -0.2) is 4.79 Å². The second-order valence-electron chi connectivity index (χ2n) is 12.2. The van der Waals surface area contributed by atoms with E-state index >= 15 is 0 Å². The fourth-order valence-corrected chi connectivity index (χ4v) is 8.32. The first kappa shape index (κ1) is 24.6. The first-order chi connectivity index (χ1) is 17.0. The first-order valence-corrected chi connectivity index (χ1v) is 14.3. The van der Waals surface area contributed by atoms with Gasteiger partial charge in [-0.3, -0.25) is 4.79 Å². The number of phenolic OH excluding ortho intramolecular Hbond substituents is 1. The summed E-state index contributed by atoms with van der Waals surface area (Å²) < 4.78 is 0. The first-order valence-electron chi connectivity index (χ1n) is 14.3. The Morgan fingerprint density at radius 1 is 1.09 bits per heavy atom. The molecule has 2 amide bonds. The third-order valence-electron chi connectivity index (χ3n) is 10.1. The molecule has 4 aliphatic carbocycles. The molecule has 0 spiro atoms. The molecule has 4 aliphatic rings. The summed E-state index contributed by atoms with van der Waals surface area (Å²) >= 11 is 0. The molecule has 3 saturated carbocycles. The van der Waals surface area contributed by atoms with Crippen molar-refractivity contribution in [3.63, 3.8) is 0 Å². The van der Waals surface area contributed by atoms with Gasteiger partial charge in [0.05, 0.1) is 0 Å². The lowest BCUT2D eigenvalue weighted by molar-refractivity contribution is -0.129. The summed E-state index contributed by atoms with van der Waals surface area (Å²) in [5, 5.41) is 16.1. The van der Waals surface area contributed by atoms with Gasteiger partial charge in [0, 0.05) is 24.9 Å². The summed E-state index contributed by atoms with van der Waals surface area (Å²) in [6, 6.07) is 5.90. The van der Waals surface area contributed by atoms with Crippen LogP contribution in [0.1, 0.15) is 101 Å². The van der Waals surface area contributed by atoms with Gasteiger partial charge < -0.3 is 15.7 Å². The van der Waals surface area contributed by atoms with Crippen molar-refractivity contribution in [2.24, 2.45) is 29.1 Å². The number of hydrogen-bond acceptors (Lipinski definition) is 3. The van der Waals surface area contributed by atoms with E-state index < -0.39 is 0 Å². The number of fused-ring (bicyclic) bond motifs is 5. The van der Waals surface area contributed by atoms with E-state index in [-0.39, 0.29) is 11.4 Å². The van der Waals surface area contributed by atoms with Gasteiger partial charge >= 0.3 is 6.03 Å². The molecular formula is C30H44N2O3. The van der Waals surface area contributed by atoms with Crippen molar-refractivity contribution in [3.8, 4) is 5.75 Å². The van der Waals surface area contributed by atoms with E-state index in [0.717, 1.165) is 57.9 Å². The maximum absolute atomic E-state index is 13.2. The minimum absolute atomic E-state index is 0.0266. The number of nitrogens with one attached hydrogen (secondary N) is 2. The number of phenols is 1. The van der Waals surface area contributed by atoms with Crippen LogP contribution < -0.4 is 10.6 Å². The van der Waals surface area contributed by atoms with Gasteiger partial charge in [0.2, 0.25) is 0 Å². The standard InChI is InChI=1S/C30H44N2O3/c1-30-15-14-25-24-13-11-23(33)17-21(24)10-12-26(25)28(30)22(18-27(30)34)9-5-6-16-31-29(35)32-19-20-7-3-2-4-8-20/h11,13,17,20,22,25-26,28,33H,2-10,12,14-16,18-19H2,1H3,(H2,31,32,35)/t22-,25?,26?,28?,30+/m0/s1. The summed E-state index contributed by atoms with van der Waals surface area (Å²) in [5.74, 6) is 3.56. The smallest absolute Gasteiger partial charge is 0.314 e. The molecule has 3 fully saturated rings. The number of carbonyl (C=O) groups excluding carboxylic acids is 2. The van der Waals surface area contributed by atoms with E-state index in [9.17, 15) is 14.7 Å². The highest BCUT2D eigenvalue weighted by Gasteiger charge is 2.58. The average molecular weight is 481 g/mol. The van der Waals surface area contributed by atoms with Crippen LogP contribution in [0.15, 0.2) is 18.2 Å². The molecule has 5 nitrogen and oxygen atoms in total. The monoisotopic (exact) mass is 480 g/mol. The number of Topliss-reactive ketones (excluding diaryl/α,β-unsaturated/α-hetero) is 1. The van der Waals surface area contributed by atoms with Crippen molar-refractivity contribution in [3.05, 3.63) is 29.3 Å². The second-order valence-corrected chi connectivity index (χ2v) is 12.2. The fraction of sp³-hybridized carbons (Fsp3) is 0.733. The molecule has 1 aromatic carbocycles. The van der Waals surface area contributed by atoms with Crippen LogP contribution in [0.3, 0.4) is 0 Å². The molecule has 0 bridgehead atoms. The number of ketones is 1. The molecule has 5 heteroatoms. The number of rotatable bonds is 7. The maximum Gasteiger partial charge on any atom is 0.314 e. The molecule has 0 aliphatic heterocycles. The van der Waals surface area contributed by atoms with Crippen LogP contribution in [0, 0.1) is 29.1 Å². The van der Waals surface area contributed by atoms with Crippen LogP contribution in [0.2, 0.25) is 0 Å². The summed E-state index contributed by atoms with van der Waals surface area (Å²) in [5.41, 5.74) is 2.57. The highest BCUT2D eigenvalue weighted by atomic mass is 16.3. The van der Waals surface area contributed by atoms with Crippen molar-refractivity contribution in [1.29, 1.82) is 0 Å². The molecule has 0 heterocycles. The quantitative estimate of drug-likeness (QED) is 0.413. The Labute approximate surface area is 210 Å². The fourth-order valence-electron chi connectivity index (χ4n) is 8.32. The van der Waals surface area contributed by atoms with E-state index in [1.807, 2.05) is 12.1 Å².